The molecule has 7 nitrogen and oxygen atoms in total. The molecule has 0 saturated carbocycles. The lowest BCUT2D eigenvalue weighted by atomic mass is 9.94. The minimum Gasteiger partial charge on any atom is -0.507 e. The van der Waals surface area contributed by atoms with Crippen molar-refractivity contribution >= 4 is 17.4 Å². The van der Waals surface area contributed by atoms with E-state index in [-0.39, 0.29) is 29.4 Å². The molecular formula is C29H29NO6. The van der Waals surface area contributed by atoms with E-state index in [9.17, 15) is 19.8 Å². The number of aliphatic hydroxyl groups excluding tert-OH is 1. The Morgan fingerprint density at radius 2 is 1.72 bits per heavy atom. The van der Waals surface area contributed by atoms with Gasteiger partial charge in [-0.2, -0.15) is 0 Å². The molecule has 0 aromatic heterocycles. The Kier molecular flexibility index (Phi) is 7.59. The van der Waals surface area contributed by atoms with Crippen molar-refractivity contribution in [3.05, 3.63) is 95.1 Å². The van der Waals surface area contributed by atoms with Crippen LogP contribution >= 0.6 is 0 Å². The molecule has 0 aliphatic carbocycles. The van der Waals surface area contributed by atoms with Crippen LogP contribution in [-0.2, 0) is 16.1 Å². The van der Waals surface area contributed by atoms with Crippen LogP contribution < -0.4 is 9.47 Å². The van der Waals surface area contributed by atoms with Gasteiger partial charge in [-0.05, 0) is 48.7 Å². The highest BCUT2D eigenvalue weighted by atomic mass is 16.5. The Morgan fingerprint density at radius 1 is 0.944 bits per heavy atom. The fraction of sp³-hybridized carbons (Fsp3) is 0.241. The Hall–Kier alpha value is -4.26. The molecule has 36 heavy (non-hydrogen) atoms. The minimum absolute atomic E-state index is 0.0308. The number of nitrogens with zero attached hydrogens (tertiary/aromatic N) is 1. The summed E-state index contributed by atoms with van der Waals surface area (Å²) in [5, 5.41) is 21.6. The van der Waals surface area contributed by atoms with Gasteiger partial charge in [0.05, 0.1) is 24.8 Å². The Morgan fingerprint density at radius 3 is 2.44 bits per heavy atom. The number of rotatable bonds is 9. The molecule has 1 aliphatic rings. The fourth-order valence-electron chi connectivity index (χ4n) is 4.25. The maximum absolute atomic E-state index is 13.3. The molecule has 1 heterocycles. The number of ketones is 1. The number of likely N-dealkylation sites (tertiary alicyclic amines) is 1. The van der Waals surface area contributed by atoms with E-state index in [1.165, 1.54) is 11.0 Å². The molecule has 3 aromatic rings. The van der Waals surface area contributed by atoms with Crippen molar-refractivity contribution in [2.75, 3.05) is 13.2 Å². The van der Waals surface area contributed by atoms with Gasteiger partial charge in [0.2, 0.25) is 0 Å². The maximum Gasteiger partial charge on any atom is 0.295 e. The second-order valence-electron chi connectivity index (χ2n) is 8.45. The van der Waals surface area contributed by atoms with Crippen LogP contribution in [0.5, 0.6) is 17.2 Å². The lowest BCUT2D eigenvalue weighted by Crippen LogP contribution is -2.29. The van der Waals surface area contributed by atoms with E-state index in [0.717, 1.165) is 12.0 Å². The third-order valence-corrected chi connectivity index (χ3v) is 5.92. The summed E-state index contributed by atoms with van der Waals surface area (Å²) in [6, 6.07) is 19.9. The number of benzene rings is 3. The van der Waals surface area contributed by atoms with Crippen LogP contribution in [0.2, 0.25) is 0 Å². The molecule has 2 N–H and O–H groups in total. The maximum atomic E-state index is 13.3. The molecule has 0 radical (unpaired) electrons. The van der Waals surface area contributed by atoms with Crippen molar-refractivity contribution in [3.8, 4) is 17.2 Å². The van der Waals surface area contributed by atoms with Crippen molar-refractivity contribution in [1.29, 1.82) is 0 Å². The summed E-state index contributed by atoms with van der Waals surface area (Å²) in [6.07, 6.45) is 0.823. The standard InChI is InChI=1S/C29H29NO6/c1-3-15-36-22-12-8-11-21(16-22)27(32)25-26(20-13-14-23(31)24(17-20)35-4-2)30(29(34)28(25)33)18-19-9-6-5-7-10-19/h5-14,16-17,26,31-32H,3-4,15,18H2,1-2H3/b27-25+. The number of phenolic OH excluding ortho intramolecular Hbond substituents is 1. The first kappa shape index (κ1) is 24.9. The molecular weight excluding hydrogens is 458 g/mol. The van der Waals surface area contributed by atoms with Crippen LogP contribution in [0, 0.1) is 0 Å². The SMILES string of the molecule is CCCOc1cccc(/C(O)=C2\C(=O)C(=O)N(Cc3ccccc3)C2c2ccc(O)c(OCC)c2)c1. The summed E-state index contributed by atoms with van der Waals surface area (Å²) >= 11 is 0. The summed E-state index contributed by atoms with van der Waals surface area (Å²) in [4.78, 5) is 28.0. The largest absolute Gasteiger partial charge is 0.507 e. The van der Waals surface area contributed by atoms with Gasteiger partial charge in [0, 0.05) is 12.1 Å². The predicted molar refractivity (Wildman–Crippen MR) is 136 cm³/mol. The van der Waals surface area contributed by atoms with Crippen LogP contribution in [-0.4, -0.2) is 40.0 Å². The highest BCUT2D eigenvalue weighted by molar-refractivity contribution is 6.46. The molecule has 0 bridgehead atoms. The van der Waals surface area contributed by atoms with Crippen molar-refractivity contribution in [1.82, 2.24) is 4.90 Å². The summed E-state index contributed by atoms with van der Waals surface area (Å²) in [5.41, 5.74) is 1.71. The van der Waals surface area contributed by atoms with Gasteiger partial charge in [-0.1, -0.05) is 55.5 Å². The van der Waals surface area contributed by atoms with Gasteiger partial charge in [0.25, 0.3) is 11.7 Å². The van der Waals surface area contributed by atoms with Crippen LogP contribution in [0.1, 0.15) is 43.0 Å². The fourth-order valence-corrected chi connectivity index (χ4v) is 4.25. The summed E-state index contributed by atoms with van der Waals surface area (Å²) in [6.45, 7) is 4.79. The molecule has 7 heteroatoms. The zero-order chi connectivity index (χ0) is 25.7. The summed E-state index contributed by atoms with van der Waals surface area (Å²) < 4.78 is 11.2. The average molecular weight is 488 g/mol. The van der Waals surface area contributed by atoms with Gasteiger partial charge in [0.1, 0.15) is 11.5 Å². The van der Waals surface area contributed by atoms with E-state index in [2.05, 4.69) is 0 Å². The van der Waals surface area contributed by atoms with Crippen molar-refractivity contribution < 1.29 is 29.3 Å². The van der Waals surface area contributed by atoms with E-state index in [0.29, 0.717) is 30.1 Å². The van der Waals surface area contributed by atoms with Crippen LogP contribution in [0.3, 0.4) is 0 Å². The number of Topliss-reactive ketones (excluding diaryl/α,β-unsaturated/α-hetero) is 1. The Balaban J connectivity index is 1.85. The van der Waals surface area contributed by atoms with Crippen molar-refractivity contribution in [2.24, 2.45) is 0 Å². The zero-order valence-corrected chi connectivity index (χ0v) is 20.3. The molecule has 1 unspecified atom stereocenters. The van der Waals surface area contributed by atoms with Crippen LogP contribution in [0.25, 0.3) is 5.76 Å². The normalized spacial score (nSPS) is 16.8. The molecule has 0 spiro atoms. The number of aliphatic hydroxyl groups is 1. The first-order chi connectivity index (χ1) is 17.4. The average Bonchev–Trinajstić information content (AvgIpc) is 3.14. The number of hydrogen-bond donors (Lipinski definition) is 2. The number of phenols is 1. The van der Waals surface area contributed by atoms with E-state index in [4.69, 9.17) is 9.47 Å². The van der Waals surface area contributed by atoms with Crippen LogP contribution in [0.4, 0.5) is 0 Å². The third kappa shape index (κ3) is 5.05. The van der Waals surface area contributed by atoms with E-state index in [1.54, 1.807) is 43.3 Å². The number of amides is 1. The lowest BCUT2D eigenvalue weighted by Gasteiger charge is -2.26. The first-order valence-corrected chi connectivity index (χ1v) is 12.0. The molecule has 1 amide bonds. The van der Waals surface area contributed by atoms with E-state index < -0.39 is 17.7 Å². The smallest absolute Gasteiger partial charge is 0.295 e. The number of ether oxygens (including phenoxy) is 2. The number of carbonyl (C=O) groups is 2. The highest BCUT2D eigenvalue weighted by Crippen LogP contribution is 2.42. The molecule has 1 atom stereocenters. The van der Waals surface area contributed by atoms with Gasteiger partial charge in [-0.25, -0.2) is 0 Å². The highest BCUT2D eigenvalue weighted by Gasteiger charge is 2.46. The molecule has 4 rings (SSSR count). The molecule has 1 fully saturated rings. The Labute approximate surface area is 210 Å². The van der Waals surface area contributed by atoms with Crippen molar-refractivity contribution in [3.63, 3.8) is 0 Å². The predicted octanol–water partition coefficient (Wildman–Crippen LogP) is 5.20. The minimum atomic E-state index is -0.884. The number of aromatic hydroxyl groups is 1. The lowest BCUT2D eigenvalue weighted by molar-refractivity contribution is -0.140. The summed E-state index contributed by atoms with van der Waals surface area (Å²) in [5.74, 6) is -1.05. The second-order valence-corrected chi connectivity index (χ2v) is 8.45. The Bertz CT molecular complexity index is 1280. The summed E-state index contributed by atoms with van der Waals surface area (Å²) in [7, 11) is 0. The van der Waals surface area contributed by atoms with Gasteiger partial charge in [0.15, 0.2) is 11.5 Å². The molecule has 186 valence electrons. The zero-order valence-electron chi connectivity index (χ0n) is 20.3. The van der Waals surface area contributed by atoms with Gasteiger partial charge < -0.3 is 24.6 Å². The number of hydrogen-bond acceptors (Lipinski definition) is 6. The first-order valence-electron chi connectivity index (χ1n) is 12.0. The molecule has 1 aliphatic heterocycles. The van der Waals surface area contributed by atoms with Crippen LogP contribution in [0.15, 0.2) is 78.4 Å². The van der Waals surface area contributed by atoms with Gasteiger partial charge in [-0.15, -0.1) is 0 Å². The quantitative estimate of drug-likeness (QED) is 0.245. The van der Waals surface area contributed by atoms with Gasteiger partial charge in [-0.3, -0.25) is 9.59 Å². The third-order valence-electron chi connectivity index (χ3n) is 5.92. The van der Waals surface area contributed by atoms with Gasteiger partial charge >= 0.3 is 0 Å². The van der Waals surface area contributed by atoms with E-state index in [1.807, 2.05) is 37.3 Å². The second kappa shape index (κ2) is 11.0. The molecule has 1 saturated heterocycles. The topological polar surface area (TPSA) is 96.3 Å². The van der Waals surface area contributed by atoms with E-state index >= 15 is 0 Å². The molecule has 3 aromatic carbocycles. The monoisotopic (exact) mass is 487 g/mol. The number of carbonyl (C=O) groups excluding carboxylic acids is 2. The van der Waals surface area contributed by atoms with Crippen molar-refractivity contribution in [2.45, 2.75) is 32.9 Å².